The van der Waals surface area contributed by atoms with E-state index in [0.29, 0.717) is 43.8 Å². The third kappa shape index (κ3) is 33.0. The Bertz CT molecular complexity index is 765. The minimum Gasteiger partial charge on any atom is -0.466 e. The van der Waals surface area contributed by atoms with E-state index in [9.17, 15) is 9.59 Å². The van der Waals surface area contributed by atoms with Crippen molar-refractivity contribution in [2.75, 3.05) is 46.6 Å². The lowest BCUT2D eigenvalue weighted by Crippen LogP contribution is -2.20. The number of unbranched alkanes of at least 4 members (excludes halogenated alkanes) is 2. The third-order valence-electron chi connectivity index (χ3n) is 12.1. The molecule has 1 heterocycles. The summed E-state index contributed by atoms with van der Waals surface area (Å²) in [5, 5.41) is 0. The number of hydrogen-bond acceptors (Lipinski definition) is 6. The Kier molecular flexibility index (Phi) is 36.5. The topological polar surface area (TPSA) is 65.1 Å². The van der Waals surface area contributed by atoms with Crippen LogP contribution in [0.3, 0.4) is 0 Å². The van der Waals surface area contributed by atoms with Crippen molar-refractivity contribution < 1.29 is 23.8 Å². The van der Waals surface area contributed by atoms with Crippen LogP contribution in [0.25, 0.3) is 0 Å². The second kappa shape index (κ2) is 38.7. The van der Waals surface area contributed by atoms with Gasteiger partial charge in [-0.25, -0.2) is 0 Å². The van der Waals surface area contributed by atoms with E-state index in [-0.39, 0.29) is 11.9 Å². The predicted octanol–water partition coefficient (Wildman–Crippen LogP) is 13.8. The van der Waals surface area contributed by atoms with Gasteiger partial charge in [0.1, 0.15) is 0 Å². The predicted molar refractivity (Wildman–Crippen MR) is 230 cm³/mol. The second-order valence-corrected chi connectivity index (χ2v) is 17.3. The van der Waals surface area contributed by atoms with Crippen LogP contribution in [-0.2, 0) is 23.8 Å². The number of ether oxygens (including phenoxy) is 3. The zero-order chi connectivity index (χ0) is 39.2. The summed E-state index contributed by atoms with van der Waals surface area (Å²) >= 11 is 0. The smallest absolute Gasteiger partial charge is 0.306 e. The molecule has 0 spiro atoms. The SMILES string of the molecule is CCCCC1CCCCCCC(CCCC)CC(=O)OCCCCCCCCCCC(COCCCN(C)CC)CCCCCCCCCCOC(=O)C1. The van der Waals surface area contributed by atoms with Gasteiger partial charge in [-0.15, -0.1) is 0 Å². The fourth-order valence-corrected chi connectivity index (χ4v) is 8.21. The first-order valence-corrected chi connectivity index (χ1v) is 24.1. The molecule has 1 aliphatic heterocycles. The molecule has 1 aliphatic rings. The van der Waals surface area contributed by atoms with Gasteiger partial charge in [0, 0.05) is 32.6 Å². The van der Waals surface area contributed by atoms with E-state index in [1.165, 1.54) is 154 Å². The van der Waals surface area contributed by atoms with Crippen LogP contribution in [0.4, 0.5) is 0 Å². The Labute approximate surface area is 336 Å². The maximum atomic E-state index is 12.7. The molecule has 54 heavy (non-hydrogen) atoms. The molecule has 6 heteroatoms. The molecule has 320 valence electrons. The van der Waals surface area contributed by atoms with E-state index in [2.05, 4.69) is 32.7 Å². The van der Waals surface area contributed by atoms with Gasteiger partial charge in [0.2, 0.25) is 0 Å². The summed E-state index contributed by atoms with van der Waals surface area (Å²) in [6.07, 6.45) is 39.1. The van der Waals surface area contributed by atoms with E-state index < -0.39 is 0 Å². The Balaban J connectivity index is 2.57. The fourth-order valence-electron chi connectivity index (χ4n) is 8.21. The molecule has 1 saturated heterocycles. The third-order valence-corrected chi connectivity index (χ3v) is 12.1. The number of hydrogen-bond donors (Lipinski definition) is 0. The van der Waals surface area contributed by atoms with Gasteiger partial charge in [0.15, 0.2) is 0 Å². The summed E-state index contributed by atoms with van der Waals surface area (Å²) in [7, 11) is 2.19. The standard InChI is InChI=1S/C48H93NO5/c1-5-8-31-44-33-24-20-21-25-34-45(32-9-6-2)42-48(51)54-40-29-23-17-13-11-15-19-27-36-46(43-52-38-30-37-49(4)7-3)35-26-18-14-10-12-16-22-28-39-53-47(50)41-44/h44-46H,5-43H2,1-4H3. The zero-order valence-corrected chi connectivity index (χ0v) is 36.8. The highest BCUT2D eigenvalue weighted by molar-refractivity contribution is 5.70. The van der Waals surface area contributed by atoms with Crippen LogP contribution in [0.2, 0.25) is 0 Å². The Morgan fingerprint density at radius 1 is 0.519 bits per heavy atom. The highest BCUT2D eigenvalue weighted by atomic mass is 16.5. The Hall–Kier alpha value is -1.14. The molecule has 2 atom stereocenters. The van der Waals surface area contributed by atoms with Crippen LogP contribution in [-0.4, -0.2) is 63.4 Å². The first kappa shape index (κ1) is 50.9. The van der Waals surface area contributed by atoms with Crippen LogP contribution < -0.4 is 0 Å². The lowest BCUT2D eigenvalue weighted by molar-refractivity contribution is -0.146. The number of cyclic esters (lactones) is 2. The summed E-state index contributed by atoms with van der Waals surface area (Å²) in [6.45, 7) is 11.9. The Morgan fingerprint density at radius 2 is 0.889 bits per heavy atom. The molecule has 6 nitrogen and oxygen atoms in total. The van der Waals surface area contributed by atoms with Crippen molar-refractivity contribution in [1.82, 2.24) is 4.90 Å². The highest BCUT2D eigenvalue weighted by Crippen LogP contribution is 2.25. The molecule has 0 N–H and O–H groups in total. The zero-order valence-electron chi connectivity index (χ0n) is 36.8. The molecule has 0 amide bonds. The quantitative estimate of drug-likeness (QED) is 0.137. The Morgan fingerprint density at radius 3 is 1.28 bits per heavy atom. The molecule has 0 aromatic carbocycles. The van der Waals surface area contributed by atoms with E-state index in [0.717, 1.165) is 71.2 Å². The van der Waals surface area contributed by atoms with Crippen molar-refractivity contribution in [1.29, 1.82) is 0 Å². The van der Waals surface area contributed by atoms with E-state index in [1.807, 2.05) is 0 Å². The first-order chi connectivity index (χ1) is 26.5. The maximum absolute atomic E-state index is 12.7. The summed E-state index contributed by atoms with van der Waals surface area (Å²) in [4.78, 5) is 27.8. The van der Waals surface area contributed by atoms with E-state index in [4.69, 9.17) is 14.2 Å². The number of nitrogens with zero attached hydrogens (tertiary/aromatic N) is 1. The largest absolute Gasteiger partial charge is 0.466 e. The molecule has 1 fully saturated rings. The van der Waals surface area contributed by atoms with Gasteiger partial charge >= 0.3 is 11.9 Å². The van der Waals surface area contributed by atoms with Gasteiger partial charge in [-0.2, -0.15) is 0 Å². The molecule has 0 radical (unpaired) electrons. The average Bonchev–Trinajstić information content (AvgIpc) is 3.16. The summed E-state index contributed by atoms with van der Waals surface area (Å²) in [5.41, 5.74) is 0. The van der Waals surface area contributed by atoms with Crippen LogP contribution in [0.5, 0.6) is 0 Å². The van der Waals surface area contributed by atoms with E-state index in [1.54, 1.807) is 0 Å². The lowest BCUT2D eigenvalue weighted by Gasteiger charge is -2.18. The molecule has 0 aromatic rings. The van der Waals surface area contributed by atoms with Gasteiger partial charge in [-0.3, -0.25) is 9.59 Å². The molecule has 0 aliphatic carbocycles. The molecular weight excluding hydrogens is 671 g/mol. The minimum absolute atomic E-state index is 0.0160. The lowest BCUT2D eigenvalue weighted by atomic mass is 9.90. The van der Waals surface area contributed by atoms with Gasteiger partial charge in [0.25, 0.3) is 0 Å². The molecule has 0 aromatic heterocycles. The van der Waals surface area contributed by atoms with Gasteiger partial charge in [0.05, 0.1) is 13.2 Å². The first-order valence-electron chi connectivity index (χ1n) is 24.1. The molecule has 1 rings (SSSR count). The normalized spacial score (nSPS) is 23.8. The van der Waals surface area contributed by atoms with Crippen LogP contribution in [0.1, 0.15) is 233 Å². The van der Waals surface area contributed by atoms with Crippen molar-refractivity contribution in [2.24, 2.45) is 17.8 Å². The summed E-state index contributed by atoms with van der Waals surface area (Å²) in [6, 6.07) is 0. The minimum atomic E-state index is 0.0160. The fraction of sp³-hybridized carbons (Fsp3) is 0.958. The van der Waals surface area contributed by atoms with Crippen molar-refractivity contribution in [3.63, 3.8) is 0 Å². The number of rotatable bonds is 13. The summed E-state index contributed by atoms with van der Waals surface area (Å²) < 4.78 is 17.6. The van der Waals surface area contributed by atoms with Gasteiger partial charge in [-0.1, -0.05) is 162 Å². The van der Waals surface area contributed by atoms with Gasteiger partial charge in [-0.05, 0) is 89.1 Å². The molecule has 2 unspecified atom stereocenters. The molecular formula is C48H93NO5. The monoisotopic (exact) mass is 764 g/mol. The molecule has 0 saturated carbocycles. The van der Waals surface area contributed by atoms with Crippen molar-refractivity contribution >= 4 is 11.9 Å². The average molecular weight is 764 g/mol. The van der Waals surface area contributed by atoms with E-state index >= 15 is 0 Å². The van der Waals surface area contributed by atoms with Crippen molar-refractivity contribution in [3.05, 3.63) is 0 Å². The maximum Gasteiger partial charge on any atom is 0.306 e. The van der Waals surface area contributed by atoms with Crippen molar-refractivity contribution in [2.45, 2.75) is 233 Å². The van der Waals surface area contributed by atoms with Crippen LogP contribution in [0.15, 0.2) is 0 Å². The van der Waals surface area contributed by atoms with Crippen LogP contribution >= 0.6 is 0 Å². The molecule has 0 bridgehead atoms. The van der Waals surface area contributed by atoms with Crippen molar-refractivity contribution in [3.8, 4) is 0 Å². The number of carbonyl (C=O) groups is 2. The number of carbonyl (C=O) groups excluding carboxylic acids is 2. The summed E-state index contributed by atoms with van der Waals surface area (Å²) in [5.74, 6) is 1.65. The highest BCUT2D eigenvalue weighted by Gasteiger charge is 2.17. The van der Waals surface area contributed by atoms with Gasteiger partial charge < -0.3 is 19.1 Å². The van der Waals surface area contributed by atoms with Crippen LogP contribution in [0, 0.1) is 17.8 Å². The second-order valence-electron chi connectivity index (χ2n) is 17.3. The number of esters is 2.